The SMILES string of the molecule is ClCC1(CNCc2ccc(Br)cc2Cl)CCCC1. The van der Waals surface area contributed by atoms with Gasteiger partial charge in [-0.15, -0.1) is 11.6 Å². The summed E-state index contributed by atoms with van der Waals surface area (Å²) in [5.74, 6) is 0.758. The first-order chi connectivity index (χ1) is 8.65. The molecule has 18 heavy (non-hydrogen) atoms. The van der Waals surface area contributed by atoms with Gasteiger partial charge in [-0.3, -0.25) is 0 Å². The van der Waals surface area contributed by atoms with Crippen LogP contribution in [0, 0.1) is 5.41 Å². The molecule has 1 nitrogen and oxygen atoms in total. The van der Waals surface area contributed by atoms with E-state index >= 15 is 0 Å². The molecule has 2 rings (SSSR count). The summed E-state index contributed by atoms with van der Waals surface area (Å²) in [6.07, 6.45) is 5.12. The van der Waals surface area contributed by atoms with Crippen LogP contribution in [0.3, 0.4) is 0 Å². The molecule has 1 aromatic carbocycles. The molecule has 0 bridgehead atoms. The Hall–Kier alpha value is 0.240. The molecule has 1 saturated carbocycles. The Labute approximate surface area is 127 Å². The van der Waals surface area contributed by atoms with Crippen molar-refractivity contribution in [3.8, 4) is 0 Å². The Morgan fingerprint density at radius 1 is 1.28 bits per heavy atom. The summed E-state index contributed by atoms with van der Waals surface area (Å²) >= 11 is 15.7. The second-order valence-corrected chi connectivity index (χ2v) is 6.77. The van der Waals surface area contributed by atoms with E-state index in [0.29, 0.717) is 5.41 Å². The van der Waals surface area contributed by atoms with Gasteiger partial charge in [0.1, 0.15) is 0 Å². The van der Waals surface area contributed by atoms with E-state index in [1.807, 2.05) is 12.1 Å². The molecule has 1 N–H and O–H groups in total. The highest BCUT2D eigenvalue weighted by Gasteiger charge is 2.32. The zero-order valence-electron chi connectivity index (χ0n) is 10.3. The normalized spacial score (nSPS) is 18.2. The summed E-state index contributed by atoms with van der Waals surface area (Å²) in [5, 5.41) is 4.32. The fourth-order valence-corrected chi connectivity index (χ4v) is 3.71. The van der Waals surface area contributed by atoms with Gasteiger partial charge in [0, 0.05) is 28.5 Å². The first-order valence-electron chi connectivity index (χ1n) is 6.36. The summed E-state index contributed by atoms with van der Waals surface area (Å²) in [4.78, 5) is 0. The quantitative estimate of drug-likeness (QED) is 0.737. The van der Waals surface area contributed by atoms with Gasteiger partial charge >= 0.3 is 0 Å². The van der Waals surface area contributed by atoms with Crippen LogP contribution >= 0.6 is 39.1 Å². The number of rotatable bonds is 5. The summed E-state index contributed by atoms with van der Waals surface area (Å²) in [7, 11) is 0. The van der Waals surface area contributed by atoms with Gasteiger partial charge in [-0.2, -0.15) is 0 Å². The zero-order valence-corrected chi connectivity index (χ0v) is 13.4. The topological polar surface area (TPSA) is 12.0 Å². The number of alkyl halides is 1. The second-order valence-electron chi connectivity index (χ2n) is 5.18. The Morgan fingerprint density at radius 2 is 2.00 bits per heavy atom. The summed E-state index contributed by atoms with van der Waals surface area (Å²) in [5.41, 5.74) is 1.45. The van der Waals surface area contributed by atoms with Gasteiger partial charge in [0.25, 0.3) is 0 Å². The number of halogens is 3. The molecule has 0 atom stereocenters. The number of nitrogens with one attached hydrogen (secondary N) is 1. The fraction of sp³-hybridized carbons (Fsp3) is 0.571. The average molecular weight is 351 g/mol. The van der Waals surface area contributed by atoms with Crippen LogP contribution in [0.2, 0.25) is 5.02 Å². The first kappa shape index (κ1) is 14.6. The maximum absolute atomic E-state index is 6.20. The molecule has 0 radical (unpaired) electrons. The van der Waals surface area contributed by atoms with Crippen molar-refractivity contribution in [1.29, 1.82) is 0 Å². The van der Waals surface area contributed by atoms with Crippen molar-refractivity contribution < 1.29 is 0 Å². The third-order valence-corrected chi connectivity index (χ3v) is 5.19. The van der Waals surface area contributed by atoms with E-state index in [2.05, 4.69) is 27.3 Å². The molecular formula is C14H18BrCl2N. The maximum Gasteiger partial charge on any atom is 0.0462 e. The smallest absolute Gasteiger partial charge is 0.0462 e. The molecule has 0 aliphatic heterocycles. The summed E-state index contributed by atoms with van der Waals surface area (Å²) in [6, 6.07) is 6.02. The number of hydrogen-bond donors (Lipinski definition) is 1. The van der Waals surface area contributed by atoms with E-state index in [1.165, 1.54) is 25.7 Å². The van der Waals surface area contributed by atoms with Crippen LogP contribution < -0.4 is 5.32 Å². The van der Waals surface area contributed by atoms with Crippen molar-refractivity contribution in [2.24, 2.45) is 5.41 Å². The van der Waals surface area contributed by atoms with Crippen molar-refractivity contribution in [3.63, 3.8) is 0 Å². The van der Waals surface area contributed by atoms with Crippen LogP contribution in [0.15, 0.2) is 22.7 Å². The highest BCUT2D eigenvalue weighted by molar-refractivity contribution is 9.10. The molecule has 0 aromatic heterocycles. The average Bonchev–Trinajstić information content (AvgIpc) is 2.81. The predicted octanol–water partition coefficient (Wildman–Crippen LogP) is 4.99. The molecule has 0 amide bonds. The minimum absolute atomic E-state index is 0.309. The molecule has 1 aliphatic rings. The van der Waals surface area contributed by atoms with Crippen LogP contribution in [0.25, 0.3) is 0 Å². The number of hydrogen-bond acceptors (Lipinski definition) is 1. The fourth-order valence-electron chi connectivity index (χ4n) is 2.61. The Kier molecular flexibility index (Phi) is 5.37. The van der Waals surface area contributed by atoms with Crippen molar-refractivity contribution in [2.75, 3.05) is 12.4 Å². The highest BCUT2D eigenvalue weighted by atomic mass is 79.9. The van der Waals surface area contributed by atoms with Gasteiger partial charge in [-0.05, 0) is 36.0 Å². The summed E-state index contributed by atoms with van der Waals surface area (Å²) in [6.45, 7) is 1.80. The molecule has 1 aliphatic carbocycles. The van der Waals surface area contributed by atoms with Crippen LogP contribution in [-0.4, -0.2) is 12.4 Å². The van der Waals surface area contributed by atoms with Crippen molar-refractivity contribution in [3.05, 3.63) is 33.3 Å². The molecule has 4 heteroatoms. The van der Waals surface area contributed by atoms with Crippen LogP contribution in [0.5, 0.6) is 0 Å². The molecular weight excluding hydrogens is 333 g/mol. The van der Waals surface area contributed by atoms with Crippen LogP contribution in [0.4, 0.5) is 0 Å². The molecule has 0 saturated heterocycles. The van der Waals surface area contributed by atoms with E-state index < -0.39 is 0 Å². The van der Waals surface area contributed by atoms with E-state index in [1.54, 1.807) is 0 Å². The Bertz CT molecular complexity index is 403. The zero-order chi connectivity index (χ0) is 13.0. The molecule has 1 fully saturated rings. The lowest BCUT2D eigenvalue weighted by molar-refractivity contribution is 0.320. The van der Waals surface area contributed by atoms with E-state index in [0.717, 1.165) is 34.0 Å². The lowest BCUT2D eigenvalue weighted by atomic mass is 9.88. The largest absolute Gasteiger partial charge is 0.312 e. The van der Waals surface area contributed by atoms with Crippen molar-refractivity contribution in [2.45, 2.75) is 32.2 Å². The van der Waals surface area contributed by atoms with E-state index in [-0.39, 0.29) is 0 Å². The lowest BCUT2D eigenvalue weighted by Crippen LogP contribution is -2.33. The maximum atomic E-state index is 6.20. The van der Waals surface area contributed by atoms with Crippen LogP contribution in [-0.2, 0) is 6.54 Å². The minimum Gasteiger partial charge on any atom is -0.312 e. The highest BCUT2D eigenvalue weighted by Crippen LogP contribution is 2.38. The monoisotopic (exact) mass is 349 g/mol. The van der Waals surface area contributed by atoms with Crippen molar-refractivity contribution in [1.82, 2.24) is 5.32 Å². The third-order valence-electron chi connectivity index (χ3n) is 3.78. The molecule has 0 spiro atoms. The molecule has 100 valence electrons. The second kappa shape index (κ2) is 6.60. The number of benzene rings is 1. The van der Waals surface area contributed by atoms with Gasteiger partial charge in [0.05, 0.1) is 0 Å². The summed E-state index contributed by atoms with van der Waals surface area (Å²) < 4.78 is 1.02. The van der Waals surface area contributed by atoms with E-state index in [4.69, 9.17) is 23.2 Å². The van der Waals surface area contributed by atoms with Gasteiger partial charge < -0.3 is 5.32 Å². The standard InChI is InChI=1S/C14H18BrCl2N/c15-12-4-3-11(13(17)7-12)8-18-10-14(9-16)5-1-2-6-14/h3-4,7,18H,1-2,5-6,8-10H2. The van der Waals surface area contributed by atoms with Gasteiger partial charge in [0.15, 0.2) is 0 Å². The minimum atomic E-state index is 0.309. The van der Waals surface area contributed by atoms with Gasteiger partial charge in [0.2, 0.25) is 0 Å². The predicted molar refractivity (Wildman–Crippen MR) is 82.5 cm³/mol. The Morgan fingerprint density at radius 3 is 2.61 bits per heavy atom. The molecule has 0 heterocycles. The van der Waals surface area contributed by atoms with Gasteiger partial charge in [-0.1, -0.05) is 46.4 Å². The third kappa shape index (κ3) is 3.63. The van der Waals surface area contributed by atoms with Crippen molar-refractivity contribution >= 4 is 39.1 Å². The first-order valence-corrected chi connectivity index (χ1v) is 8.06. The van der Waals surface area contributed by atoms with Gasteiger partial charge in [-0.25, -0.2) is 0 Å². The lowest BCUT2D eigenvalue weighted by Gasteiger charge is -2.26. The van der Waals surface area contributed by atoms with E-state index in [9.17, 15) is 0 Å². The molecule has 0 unspecified atom stereocenters. The Balaban J connectivity index is 1.88. The van der Waals surface area contributed by atoms with Crippen LogP contribution in [0.1, 0.15) is 31.2 Å². The molecule has 1 aromatic rings.